The van der Waals surface area contributed by atoms with Gasteiger partial charge in [0, 0.05) is 32.3 Å². The van der Waals surface area contributed by atoms with Crippen molar-refractivity contribution in [3.63, 3.8) is 0 Å². The van der Waals surface area contributed by atoms with E-state index < -0.39 is 5.97 Å². The number of aromatic carboxylic acids is 1. The van der Waals surface area contributed by atoms with Crippen LogP contribution < -0.4 is 0 Å². The first-order valence-corrected chi connectivity index (χ1v) is 6.62. The Morgan fingerprint density at radius 1 is 1.44 bits per heavy atom. The lowest BCUT2D eigenvalue weighted by Crippen LogP contribution is -2.04. The standard InChI is InChI=1S/C12H17NO4S/c1-16-6-3-7-17-8-9-18-11-10(12(14)15)4-2-5-13-11/h2,4-5H,3,6-9H2,1H3,(H,14,15). The molecule has 0 radical (unpaired) electrons. The highest BCUT2D eigenvalue weighted by Crippen LogP contribution is 2.19. The number of rotatable bonds is 9. The van der Waals surface area contributed by atoms with Gasteiger partial charge in [0.05, 0.1) is 12.2 Å². The predicted molar refractivity (Wildman–Crippen MR) is 69.2 cm³/mol. The third-order valence-electron chi connectivity index (χ3n) is 2.11. The fourth-order valence-corrected chi connectivity index (χ4v) is 2.11. The molecule has 0 spiro atoms. The Balaban J connectivity index is 2.25. The van der Waals surface area contributed by atoms with Crippen molar-refractivity contribution in [1.82, 2.24) is 4.98 Å². The van der Waals surface area contributed by atoms with Gasteiger partial charge in [-0.05, 0) is 18.6 Å². The van der Waals surface area contributed by atoms with Gasteiger partial charge in [0.25, 0.3) is 0 Å². The molecule has 0 atom stereocenters. The van der Waals surface area contributed by atoms with E-state index >= 15 is 0 Å². The zero-order valence-electron chi connectivity index (χ0n) is 10.3. The summed E-state index contributed by atoms with van der Waals surface area (Å²) in [5, 5.41) is 9.50. The number of thioether (sulfide) groups is 1. The lowest BCUT2D eigenvalue weighted by Gasteiger charge is -2.05. The molecule has 0 aliphatic heterocycles. The molecule has 0 amide bonds. The van der Waals surface area contributed by atoms with Gasteiger partial charge in [-0.3, -0.25) is 0 Å². The summed E-state index contributed by atoms with van der Waals surface area (Å²) in [5.74, 6) is -0.267. The van der Waals surface area contributed by atoms with Crippen molar-refractivity contribution in [2.45, 2.75) is 11.4 Å². The lowest BCUT2D eigenvalue weighted by molar-refractivity contribution is 0.0692. The molecule has 0 aliphatic carbocycles. The molecule has 1 rings (SSSR count). The molecule has 100 valence electrons. The minimum atomic E-state index is -0.952. The molecule has 1 N–H and O–H groups in total. The molecular formula is C12H17NO4S. The molecule has 0 aromatic carbocycles. The number of methoxy groups -OCH3 is 1. The highest BCUT2D eigenvalue weighted by molar-refractivity contribution is 7.99. The van der Waals surface area contributed by atoms with Gasteiger partial charge in [0.1, 0.15) is 5.03 Å². The fourth-order valence-electron chi connectivity index (χ4n) is 1.27. The Labute approximate surface area is 111 Å². The van der Waals surface area contributed by atoms with E-state index in [2.05, 4.69) is 4.98 Å². The van der Waals surface area contributed by atoms with Gasteiger partial charge < -0.3 is 14.6 Å². The maximum atomic E-state index is 10.9. The number of nitrogens with zero attached hydrogens (tertiary/aromatic N) is 1. The van der Waals surface area contributed by atoms with Crippen LogP contribution in [0.4, 0.5) is 0 Å². The summed E-state index contributed by atoms with van der Waals surface area (Å²) in [6, 6.07) is 3.17. The van der Waals surface area contributed by atoms with Gasteiger partial charge in [-0.15, -0.1) is 11.8 Å². The van der Waals surface area contributed by atoms with Gasteiger partial charge in [0.15, 0.2) is 0 Å². The van der Waals surface area contributed by atoms with E-state index in [1.165, 1.54) is 11.8 Å². The minimum Gasteiger partial charge on any atom is -0.478 e. The van der Waals surface area contributed by atoms with Crippen molar-refractivity contribution >= 4 is 17.7 Å². The van der Waals surface area contributed by atoms with Crippen molar-refractivity contribution in [1.29, 1.82) is 0 Å². The molecule has 1 aromatic rings. The smallest absolute Gasteiger partial charge is 0.338 e. The predicted octanol–water partition coefficient (Wildman–Crippen LogP) is 1.93. The summed E-state index contributed by atoms with van der Waals surface area (Å²) in [7, 11) is 1.66. The Hall–Kier alpha value is -1.11. The SMILES string of the molecule is COCCCOCCSc1ncccc1C(=O)O. The van der Waals surface area contributed by atoms with E-state index in [0.717, 1.165) is 6.42 Å². The van der Waals surface area contributed by atoms with Crippen LogP contribution in [-0.4, -0.2) is 48.7 Å². The second kappa shape index (κ2) is 8.91. The summed E-state index contributed by atoms with van der Waals surface area (Å²) in [4.78, 5) is 15.0. The van der Waals surface area contributed by atoms with Crippen LogP contribution in [0.3, 0.4) is 0 Å². The number of aromatic nitrogens is 1. The van der Waals surface area contributed by atoms with Crippen molar-refractivity contribution in [2.75, 3.05) is 32.7 Å². The normalized spacial score (nSPS) is 10.5. The average molecular weight is 271 g/mol. The number of pyridine rings is 1. The van der Waals surface area contributed by atoms with Crippen LogP contribution in [0, 0.1) is 0 Å². The van der Waals surface area contributed by atoms with Gasteiger partial charge in [0.2, 0.25) is 0 Å². The summed E-state index contributed by atoms with van der Waals surface area (Å²) in [6.45, 7) is 1.92. The second-order valence-corrected chi connectivity index (χ2v) is 4.55. The van der Waals surface area contributed by atoms with Gasteiger partial charge in [-0.1, -0.05) is 0 Å². The van der Waals surface area contributed by atoms with Crippen LogP contribution in [0.5, 0.6) is 0 Å². The summed E-state index contributed by atoms with van der Waals surface area (Å²) in [6.07, 6.45) is 2.46. The highest BCUT2D eigenvalue weighted by Gasteiger charge is 2.10. The molecule has 0 fully saturated rings. The minimum absolute atomic E-state index is 0.238. The third-order valence-corrected chi connectivity index (χ3v) is 3.07. The van der Waals surface area contributed by atoms with E-state index in [9.17, 15) is 4.79 Å². The maximum absolute atomic E-state index is 10.9. The molecule has 0 saturated carbocycles. The molecule has 0 unspecified atom stereocenters. The van der Waals surface area contributed by atoms with E-state index in [4.69, 9.17) is 14.6 Å². The van der Waals surface area contributed by atoms with Gasteiger partial charge in [-0.25, -0.2) is 9.78 Å². The molecule has 1 aromatic heterocycles. The molecule has 18 heavy (non-hydrogen) atoms. The van der Waals surface area contributed by atoms with Crippen LogP contribution in [0.15, 0.2) is 23.4 Å². The van der Waals surface area contributed by atoms with Crippen molar-refractivity contribution < 1.29 is 19.4 Å². The van der Waals surface area contributed by atoms with Gasteiger partial charge in [-0.2, -0.15) is 0 Å². The Morgan fingerprint density at radius 2 is 2.28 bits per heavy atom. The van der Waals surface area contributed by atoms with Gasteiger partial charge >= 0.3 is 5.97 Å². The van der Waals surface area contributed by atoms with Crippen LogP contribution in [0.1, 0.15) is 16.8 Å². The monoisotopic (exact) mass is 271 g/mol. The molecule has 5 nitrogen and oxygen atoms in total. The van der Waals surface area contributed by atoms with E-state index in [-0.39, 0.29) is 5.56 Å². The number of carboxylic acids is 1. The second-order valence-electron chi connectivity index (χ2n) is 3.47. The highest BCUT2D eigenvalue weighted by atomic mass is 32.2. The maximum Gasteiger partial charge on any atom is 0.338 e. The molecule has 1 heterocycles. The number of carboxylic acid groups (broad SMARTS) is 1. The zero-order chi connectivity index (χ0) is 13.2. The fraction of sp³-hybridized carbons (Fsp3) is 0.500. The summed E-state index contributed by atoms with van der Waals surface area (Å²) in [5.41, 5.74) is 0.238. The first-order valence-electron chi connectivity index (χ1n) is 5.63. The number of hydrogen-bond acceptors (Lipinski definition) is 5. The van der Waals surface area contributed by atoms with E-state index in [0.29, 0.717) is 30.6 Å². The summed E-state index contributed by atoms with van der Waals surface area (Å²) < 4.78 is 10.3. The number of ether oxygens (including phenoxy) is 2. The molecule has 6 heteroatoms. The number of hydrogen-bond donors (Lipinski definition) is 1. The summed E-state index contributed by atoms with van der Waals surface area (Å²) >= 11 is 1.39. The quantitative estimate of drug-likeness (QED) is 0.546. The Kier molecular flexibility index (Phi) is 7.40. The molecule has 0 bridgehead atoms. The first-order chi connectivity index (χ1) is 8.75. The van der Waals surface area contributed by atoms with Crippen LogP contribution in [-0.2, 0) is 9.47 Å². The van der Waals surface area contributed by atoms with E-state index in [1.54, 1.807) is 25.4 Å². The largest absolute Gasteiger partial charge is 0.478 e. The number of carbonyl (C=O) groups is 1. The van der Waals surface area contributed by atoms with Crippen LogP contribution in [0.25, 0.3) is 0 Å². The van der Waals surface area contributed by atoms with Crippen molar-refractivity contribution in [3.8, 4) is 0 Å². The molecular weight excluding hydrogens is 254 g/mol. The van der Waals surface area contributed by atoms with E-state index in [1.807, 2.05) is 0 Å². The average Bonchev–Trinajstić information content (AvgIpc) is 2.38. The molecule has 0 aliphatic rings. The lowest BCUT2D eigenvalue weighted by atomic mass is 10.3. The zero-order valence-corrected chi connectivity index (χ0v) is 11.1. The van der Waals surface area contributed by atoms with Crippen molar-refractivity contribution in [3.05, 3.63) is 23.9 Å². The third kappa shape index (κ3) is 5.48. The van der Waals surface area contributed by atoms with Crippen LogP contribution >= 0.6 is 11.8 Å². The first kappa shape index (κ1) is 14.9. The molecule has 0 saturated heterocycles. The Morgan fingerprint density at radius 3 is 3.00 bits per heavy atom. The topological polar surface area (TPSA) is 68.7 Å². The van der Waals surface area contributed by atoms with Crippen LogP contribution in [0.2, 0.25) is 0 Å². The Bertz CT molecular complexity index is 373. The van der Waals surface area contributed by atoms with Crippen molar-refractivity contribution in [2.24, 2.45) is 0 Å².